The van der Waals surface area contributed by atoms with Crippen LogP contribution in [0, 0.1) is 19.8 Å². The number of rotatable bonds is 5. The second-order valence-electron chi connectivity index (χ2n) is 7.27. The average molecular weight is 387 g/mol. The first-order valence-corrected chi connectivity index (χ1v) is 10.9. The Bertz CT molecular complexity index is 899. The maximum absolute atomic E-state index is 12.7. The second kappa shape index (κ2) is 8.23. The Morgan fingerprint density at radius 3 is 2.33 bits per heavy atom. The minimum absolute atomic E-state index is 0.00738. The lowest BCUT2D eigenvalue weighted by Gasteiger charge is -2.30. The normalized spacial score (nSPS) is 16.2. The molecular formula is C21H26N2O3S. The molecule has 1 amide bonds. The summed E-state index contributed by atoms with van der Waals surface area (Å²) in [5.41, 5.74) is 3.77. The zero-order valence-electron chi connectivity index (χ0n) is 15.8. The van der Waals surface area contributed by atoms with Crippen LogP contribution in [0.3, 0.4) is 0 Å². The highest BCUT2D eigenvalue weighted by Gasteiger charge is 2.31. The van der Waals surface area contributed by atoms with Crippen molar-refractivity contribution in [2.75, 3.05) is 18.4 Å². The number of amides is 1. The van der Waals surface area contributed by atoms with Crippen molar-refractivity contribution in [2.24, 2.45) is 5.92 Å². The van der Waals surface area contributed by atoms with Crippen LogP contribution in [0.4, 0.5) is 5.69 Å². The fourth-order valence-corrected chi connectivity index (χ4v) is 4.91. The molecule has 0 spiro atoms. The van der Waals surface area contributed by atoms with Gasteiger partial charge in [-0.15, -0.1) is 0 Å². The number of carbonyl (C=O) groups excluding carboxylic acids is 1. The van der Waals surface area contributed by atoms with Crippen LogP contribution in [0.1, 0.15) is 29.5 Å². The molecule has 0 atom stereocenters. The first-order chi connectivity index (χ1) is 12.8. The fourth-order valence-electron chi connectivity index (χ4n) is 3.35. The Kier molecular flexibility index (Phi) is 5.97. The van der Waals surface area contributed by atoms with E-state index in [1.54, 1.807) is 0 Å². The third kappa shape index (κ3) is 5.17. The number of benzene rings is 2. The van der Waals surface area contributed by atoms with E-state index in [-0.39, 0.29) is 17.6 Å². The summed E-state index contributed by atoms with van der Waals surface area (Å²) in [6.45, 7) is 4.73. The molecular weight excluding hydrogens is 360 g/mol. The number of aryl methyl sites for hydroxylation is 2. The highest BCUT2D eigenvalue weighted by atomic mass is 32.2. The van der Waals surface area contributed by atoms with Crippen LogP contribution < -0.4 is 5.32 Å². The van der Waals surface area contributed by atoms with Gasteiger partial charge in [-0.25, -0.2) is 12.7 Å². The predicted molar refractivity (Wildman–Crippen MR) is 108 cm³/mol. The van der Waals surface area contributed by atoms with E-state index in [2.05, 4.69) is 5.32 Å². The number of anilines is 1. The SMILES string of the molecule is Cc1ccc(CS(=O)(=O)N2CCC(C(=O)Nc3cccc(C)c3)CC2)cc1. The minimum atomic E-state index is -3.36. The van der Waals surface area contributed by atoms with Gasteiger partial charge in [-0.1, -0.05) is 42.0 Å². The molecule has 0 aliphatic carbocycles. The van der Waals surface area contributed by atoms with Crippen molar-refractivity contribution in [1.82, 2.24) is 4.31 Å². The maximum atomic E-state index is 12.7. The molecule has 3 rings (SSSR count). The van der Waals surface area contributed by atoms with Gasteiger partial charge in [0.15, 0.2) is 0 Å². The first-order valence-electron chi connectivity index (χ1n) is 9.24. The van der Waals surface area contributed by atoms with Crippen molar-refractivity contribution in [3.05, 3.63) is 65.2 Å². The molecule has 0 saturated carbocycles. The van der Waals surface area contributed by atoms with E-state index in [4.69, 9.17) is 0 Å². The van der Waals surface area contributed by atoms with Crippen LogP contribution in [-0.4, -0.2) is 31.7 Å². The predicted octanol–water partition coefficient (Wildman–Crippen LogP) is 3.48. The monoisotopic (exact) mass is 386 g/mol. The van der Waals surface area contributed by atoms with Gasteiger partial charge in [-0.05, 0) is 49.9 Å². The van der Waals surface area contributed by atoms with Gasteiger partial charge in [0.25, 0.3) is 0 Å². The van der Waals surface area contributed by atoms with E-state index >= 15 is 0 Å². The van der Waals surface area contributed by atoms with Gasteiger partial charge in [-0.3, -0.25) is 4.79 Å². The Morgan fingerprint density at radius 2 is 1.70 bits per heavy atom. The summed E-state index contributed by atoms with van der Waals surface area (Å²) in [5.74, 6) is -0.180. The smallest absolute Gasteiger partial charge is 0.227 e. The summed E-state index contributed by atoms with van der Waals surface area (Å²) in [6.07, 6.45) is 1.09. The Balaban J connectivity index is 1.56. The molecule has 27 heavy (non-hydrogen) atoms. The average Bonchev–Trinajstić information content (AvgIpc) is 2.63. The lowest BCUT2D eigenvalue weighted by atomic mass is 9.97. The highest BCUT2D eigenvalue weighted by molar-refractivity contribution is 7.88. The van der Waals surface area contributed by atoms with Crippen molar-refractivity contribution < 1.29 is 13.2 Å². The number of nitrogens with one attached hydrogen (secondary N) is 1. The third-order valence-corrected chi connectivity index (χ3v) is 6.82. The van der Waals surface area contributed by atoms with Crippen molar-refractivity contribution in [3.63, 3.8) is 0 Å². The number of hydrogen-bond acceptors (Lipinski definition) is 3. The van der Waals surface area contributed by atoms with Gasteiger partial charge in [0.1, 0.15) is 0 Å². The van der Waals surface area contributed by atoms with Crippen molar-refractivity contribution in [1.29, 1.82) is 0 Å². The molecule has 1 heterocycles. The fraction of sp³-hybridized carbons (Fsp3) is 0.381. The van der Waals surface area contributed by atoms with E-state index in [0.29, 0.717) is 25.9 Å². The second-order valence-corrected chi connectivity index (χ2v) is 9.24. The minimum Gasteiger partial charge on any atom is -0.326 e. The Hall–Kier alpha value is -2.18. The van der Waals surface area contributed by atoms with Crippen LogP contribution in [0.2, 0.25) is 0 Å². The first kappa shape index (κ1) is 19.6. The zero-order chi connectivity index (χ0) is 19.4. The van der Waals surface area contributed by atoms with E-state index in [1.807, 2.05) is 62.4 Å². The Morgan fingerprint density at radius 1 is 1.04 bits per heavy atom. The van der Waals surface area contributed by atoms with Gasteiger partial charge in [0.2, 0.25) is 15.9 Å². The Labute approximate surface area is 161 Å². The molecule has 5 nitrogen and oxygen atoms in total. The van der Waals surface area contributed by atoms with Gasteiger partial charge in [0, 0.05) is 24.7 Å². The van der Waals surface area contributed by atoms with E-state index < -0.39 is 10.0 Å². The van der Waals surface area contributed by atoms with Crippen LogP contribution >= 0.6 is 0 Å². The summed E-state index contributed by atoms with van der Waals surface area (Å²) in [4.78, 5) is 12.5. The lowest BCUT2D eigenvalue weighted by molar-refractivity contribution is -0.120. The van der Waals surface area contributed by atoms with E-state index in [9.17, 15) is 13.2 Å². The summed E-state index contributed by atoms with van der Waals surface area (Å²) >= 11 is 0. The summed E-state index contributed by atoms with van der Waals surface area (Å²) in [7, 11) is -3.36. The van der Waals surface area contributed by atoms with Crippen molar-refractivity contribution in [3.8, 4) is 0 Å². The number of piperidine rings is 1. The van der Waals surface area contributed by atoms with E-state index in [0.717, 1.165) is 22.4 Å². The third-order valence-electron chi connectivity index (χ3n) is 4.97. The number of hydrogen-bond donors (Lipinski definition) is 1. The lowest BCUT2D eigenvalue weighted by Crippen LogP contribution is -2.41. The van der Waals surface area contributed by atoms with Crippen LogP contribution in [0.15, 0.2) is 48.5 Å². The van der Waals surface area contributed by atoms with Gasteiger partial charge in [0.05, 0.1) is 5.75 Å². The molecule has 144 valence electrons. The summed E-state index contributed by atoms with van der Waals surface area (Å²) in [5, 5.41) is 2.94. The molecule has 1 aliphatic heterocycles. The molecule has 0 aromatic heterocycles. The molecule has 1 N–H and O–H groups in total. The van der Waals surface area contributed by atoms with Gasteiger partial charge in [-0.2, -0.15) is 0 Å². The molecule has 2 aromatic carbocycles. The molecule has 6 heteroatoms. The maximum Gasteiger partial charge on any atom is 0.227 e. The van der Waals surface area contributed by atoms with Crippen LogP contribution in [0.5, 0.6) is 0 Å². The molecule has 1 aliphatic rings. The molecule has 0 radical (unpaired) electrons. The van der Waals surface area contributed by atoms with Gasteiger partial charge < -0.3 is 5.32 Å². The summed E-state index contributed by atoms with van der Waals surface area (Å²) in [6, 6.07) is 15.2. The largest absolute Gasteiger partial charge is 0.326 e. The zero-order valence-corrected chi connectivity index (χ0v) is 16.6. The number of sulfonamides is 1. The van der Waals surface area contributed by atoms with Crippen molar-refractivity contribution >= 4 is 21.6 Å². The quantitative estimate of drug-likeness (QED) is 0.855. The molecule has 0 unspecified atom stereocenters. The van der Waals surface area contributed by atoms with Crippen LogP contribution in [0.25, 0.3) is 0 Å². The van der Waals surface area contributed by atoms with Crippen molar-refractivity contribution in [2.45, 2.75) is 32.4 Å². The molecule has 0 bridgehead atoms. The number of nitrogens with zero attached hydrogens (tertiary/aromatic N) is 1. The summed E-state index contributed by atoms with van der Waals surface area (Å²) < 4.78 is 26.9. The van der Waals surface area contributed by atoms with E-state index in [1.165, 1.54) is 4.31 Å². The topological polar surface area (TPSA) is 66.5 Å². The molecule has 1 fully saturated rings. The number of carbonyl (C=O) groups is 1. The molecule has 2 aromatic rings. The van der Waals surface area contributed by atoms with Crippen LogP contribution in [-0.2, 0) is 20.6 Å². The highest BCUT2D eigenvalue weighted by Crippen LogP contribution is 2.23. The molecule has 1 saturated heterocycles. The standard InChI is InChI=1S/C21H26N2O3S/c1-16-6-8-18(9-7-16)15-27(25,26)23-12-10-19(11-13-23)21(24)22-20-5-3-4-17(2)14-20/h3-9,14,19H,10-13,15H2,1-2H3,(H,22,24). The van der Waals surface area contributed by atoms with Gasteiger partial charge >= 0.3 is 0 Å².